The predicted molar refractivity (Wildman–Crippen MR) is 84.7 cm³/mol. The highest BCUT2D eigenvalue weighted by molar-refractivity contribution is 7.90. The van der Waals surface area contributed by atoms with Gasteiger partial charge in [-0.05, 0) is 37.0 Å². The van der Waals surface area contributed by atoms with Gasteiger partial charge in [0.1, 0.15) is 12.1 Å². The lowest BCUT2D eigenvalue weighted by Gasteiger charge is -2.22. The summed E-state index contributed by atoms with van der Waals surface area (Å²) in [6.07, 6.45) is 4.76. The molecule has 1 N–H and O–H groups in total. The van der Waals surface area contributed by atoms with Gasteiger partial charge in [0.05, 0.1) is 10.4 Å². The molecule has 0 aliphatic carbocycles. The Morgan fingerprint density at radius 1 is 1.27 bits per heavy atom. The van der Waals surface area contributed by atoms with E-state index in [1.807, 2.05) is 0 Å². The minimum Gasteiger partial charge on any atom is -0.381 e. The van der Waals surface area contributed by atoms with E-state index >= 15 is 0 Å². The zero-order valence-electron chi connectivity index (χ0n) is 12.4. The van der Waals surface area contributed by atoms with E-state index in [1.165, 1.54) is 12.6 Å². The third-order valence-electron chi connectivity index (χ3n) is 3.93. The van der Waals surface area contributed by atoms with E-state index in [0.29, 0.717) is 11.7 Å². The second kappa shape index (κ2) is 6.18. The van der Waals surface area contributed by atoms with Crippen molar-refractivity contribution in [3.05, 3.63) is 24.5 Å². The maximum atomic E-state index is 11.7. The van der Waals surface area contributed by atoms with Crippen LogP contribution in [0.5, 0.6) is 0 Å². The molecule has 0 spiro atoms. The Morgan fingerprint density at radius 3 is 2.77 bits per heavy atom. The first-order chi connectivity index (χ1) is 10.5. The molecular formula is C15H19N3O3S. The Morgan fingerprint density at radius 2 is 2.05 bits per heavy atom. The van der Waals surface area contributed by atoms with Gasteiger partial charge >= 0.3 is 0 Å². The summed E-state index contributed by atoms with van der Waals surface area (Å²) in [5.41, 5.74) is 0.733. The Balaban J connectivity index is 1.87. The fourth-order valence-electron chi connectivity index (χ4n) is 2.60. The Bertz CT molecular complexity index is 771. The number of rotatable bonds is 4. The fourth-order valence-corrected chi connectivity index (χ4v) is 3.25. The smallest absolute Gasteiger partial charge is 0.175 e. The van der Waals surface area contributed by atoms with Crippen molar-refractivity contribution in [3.8, 4) is 0 Å². The zero-order valence-corrected chi connectivity index (χ0v) is 13.3. The van der Waals surface area contributed by atoms with Crippen LogP contribution in [0.15, 0.2) is 29.4 Å². The Labute approximate surface area is 129 Å². The quantitative estimate of drug-likeness (QED) is 0.926. The summed E-state index contributed by atoms with van der Waals surface area (Å²) < 4.78 is 28.8. The molecule has 118 valence electrons. The normalized spacial score (nSPS) is 16.8. The van der Waals surface area contributed by atoms with Gasteiger partial charge in [0.25, 0.3) is 0 Å². The first-order valence-corrected chi connectivity index (χ1v) is 9.19. The number of ether oxygens (including phenoxy) is 1. The first kappa shape index (κ1) is 15.2. The molecule has 3 rings (SSSR count). The number of fused-ring (bicyclic) bond motifs is 1. The van der Waals surface area contributed by atoms with E-state index in [0.717, 1.165) is 43.5 Å². The van der Waals surface area contributed by atoms with Crippen LogP contribution in [-0.4, -0.2) is 44.4 Å². The summed E-state index contributed by atoms with van der Waals surface area (Å²) in [4.78, 5) is 8.74. The van der Waals surface area contributed by atoms with Gasteiger partial charge in [-0.25, -0.2) is 18.4 Å². The highest BCUT2D eigenvalue weighted by Gasteiger charge is 2.15. The van der Waals surface area contributed by atoms with Crippen molar-refractivity contribution >= 4 is 26.6 Å². The van der Waals surface area contributed by atoms with Crippen molar-refractivity contribution in [3.63, 3.8) is 0 Å². The zero-order chi connectivity index (χ0) is 15.6. The molecule has 22 heavy (non-hydrogen) atoms. The molecule has 6 nitrogen and oxygen atoms in total. The highest BCUT2D eigenvalue weighted by Crippen LogP contribution is 2.24. The second-order valence-electron chi connectivity index (χ2n) is 5.61. The molecule has 1 aliphatic rings. The second-order valence-corrected chi connectivity index (χ2v) is 7.63. The molecule has 1 saturated heterocycles. The van der Waals surface area contributed by atoms with E-state index in [4.69, 9.17) is 4.74 Å². The molecule has 7 heteroatoms. The fraction of sp³-hybridized carbons (Fsp3) is 0.467. The minimum atomic E-state index is -3.25. The van der Waals surface area contributed by atoms with Crippen LogP contribution in [0.25, 0.3) is 10.9 Å². The number of anilines is 1. The molecule has 0 atom stereocenters. The summed E-state index contributed by atoms with van der Waals surface area (Å²) in [5, 5.41) is 4.07. The molecule has 0 saturated carbocycles. The summed E-state index contributed by atoms with van der Waals surface area (Å²) in [6.45, 7) is 2.41. The molecule has 0 unspecified atom stereocenters. The third-order valence-corrected chi connectivity index (χ3v) is 5.04. The van der Waals surface area contributed by atoms with Crippen molar-refractivity contribution in [1.29, 1.82) is 0 Å². The van der Waals surface area contributed by atoms with Crippen LogP contribution in [0, 0.1) is 5.92 Å². The van der Waals surface area contributed by atoms with Crippen molar-refractivity contribution in [2.24, 2.45) is 5.92 Å². The number of nitrogens with zero attached hydrogens (tertiary/aromatic N) is 2. The molecule has 1 aromatic carbocycles. The van der Waals surface area contributed by atoms with E-state index in [9.17, 15) is 8.42 Å². The molecule has 2 heterocycles. The van der Waals surface area contributed by atoms with E-state index in [2.05, 4.69) is 15.3 Å². The molecule has 1 fully saturated rings. The summed E-state index contributed by atoms with van der Waals surface area (Å²) in [5.74, 6) is 1.24. The van der Waals surface area contributed by atoms with Crippen LogP contribution in [-0.2, 0) is 14.6 Å². The van der Waals surface area contributed by atoms with Crippen LogP contribution in [0.4, 0.5) is 5.82 Å². The maximum Gasteiger partial charge on any atom is 0.175 e. The van der Waals surface area contributed by atoms with Gasteiger partial charge in [-0.15, -0.1) is 0 Å². The van der Waals surface area contributed by atoms with Crippen LogP contribution >= 0.6 is 0 Å². The van der Waals surface area contributed by atoms with Crippen molar-refractivity contribution in [2.45, 2.75) is 17.7 Å². The van der Waals surface area contributed by atoms with Gasteiger partial charge in [0.15, 0.2) is 9.84 Å². The summed E-state index contributed by atoms with van der Waals surface area (Å²) in [6, 6.07) is 4.93. The molecule has 0 amide bonds. The van der Waals surface area contributed by atoms with Crippen molar-refractivity contribution in [2.75, 3.05) is 31.3 Å². The number of sulfone groups is 1. The average molecular weight is 321 g/mol. The lowest BCUT2D eigenvalue weighted by molar-refractivity contribution is 0.0699. The molecule has 1 aromatic heterocycles. The lowest BCUT2D eigenvalue weighted by atomic mass is 10.0. The topological polar surface area (TPSA) is 81.2 Å². The van der Waals surface area contributed by atoms with Gasteiger partial charge in [-0.1, -0.05) is 0 Å². The van der Waals surface area contributed by atoms with Crippen LogP contribution in [0.3, 0.4) is 0 Å². The van der Waals surface area contributed by atoms with Crippen LogP contribution in [0.1, 0.15) is 12.8 Å². The molecule has 2 aromatic rings. The highest BCUT2D eigenvalue weighted by atomic mass is 32.2. The van der Waals surface area contributed by atoms with E-state index in [-0.39, 0.29) is 4.90 Å². The average Bonchev–Trinajstić information content (AvgIpc) is 2.52. The van der Waals surface area contributed by atoms with Gasteiger partial charge < -0.3 is 10.1 Å². The minimum absolute atomic E-state index is 0.281. The number of benzene rings is 1. The van der Waals surface area contributed by atoms with E-state index < -0.39 is 9.84 Å². The van der Waals surface area contributed by atoms with E-state index in [1.54, 1.807) is 18.2 Å². The molecule has 1 aliphatic heterocycles. The first-order valence-electron chi connectivity index (χ1n) is 7.30. The number of aromatic nitrogens is 2. The van der Waals surface area contributed by atoms with Gasteiger partial charge in [-0.3, -0.25) is 0 Å². The van der Waals surface area contributed by atoms with Crippen molar-refractivity contribution < 1.29 is 13.2 Å². The van der Waals surface area contributed by atoms with Crippen molar-refractivity contribution in [1.82, 2.24) is 9.97 Å². The number of hydrogen-bond acceptors (Lipinski definition) is 6. The maximum absolute atomic E-state index is 11.7. The monoisotopic (exact) mass is 321 g/mol. The summed E-state index contributed by atoms with van der Waals surface area (Å²) >= 11 is 0. The molecule has 0 bridgehead atoms. The SMILES string of the molecule is CS(=O)(=O)c1ccc2ncnc(NCC3CCOCC3)c2c1. The molecular weight excluding hydrogens is 302 g/mol. The van der Waals surface area contributed by atoms with Gasteiger partial charge in [-0.2, -0.15) is 0 Å². The Kier molecular flexibility index (Phi) is 4.26. The number of nitrogens with one attached hydrogen (secondary N) is 1. The molecule has 0 radical (unpaired) electrons. The number of hydrogen-bond donors (Lipinski definition) is 1. The third kappa shape index (κ3) is 3.36. The lowest BCUT2D eigenvalue weighted by Crippen LogP contribution is -2.23. The standard InChI is InChI=1S/C15H19N3O3S/c1-22(19,20)12-2-3-14-13(8-12)15(18-10-17-14)16-9-11-4-6-21-7-5-11/h2-3,8,10-11H,4-7,9H2,1H3,(H,16,17,18). The summed E-state index contributed by atoms with van der Waals surface area (Å²) in [7, 11) is -3.25. The van der Waals surface area contributed by atoms with Crippen LogP contribution in [0.2, 0.25) is 0 Å². The largest absolute Gasteiger partial charge is 0.381 e. The predicted octanol–water partition coefficient (Wildman–Crippen LogP) is 1.87. The van der Waals surface area contributed by atoms with Crippen LogP contribution < -0.4 is 5.32 Å². The van der Waals surface area contributed by atoms with Gasteiger partial charge in [0, 0.05) is 31.4 Å². The Hall–Kier alpha value is -1.73. The van der Waals surface area contributed by atoms with Gasteiger partial charge in [0.2, 0.25) is 0 Å².